The number of likely N-dealkylation sites (tertiary alicyclic amines) is 1. The van der Waals surface area contributed by atoms with Gasteiger partial charge < -0.3 is 9.80 Å². The molecule has 0 spiro atoms. The molecule has 3 fully saturated rings. The molecule has 0 N–H and O–H groups in total. The Hall–Kier alpha value is -1.36. The molecule has 1 amide bonds. The average Bonchev–Trinajstić information content (AvgIpc) is 3.21. The minimum Gasteiger partial charge on any atom is -0.341 e. The van der Waals surface area contributed by atoms with E-state index >= 15 is 0 Å². The van der Waals surface area contributed by atoms with Gasteiger partial charge in [0.15, 0.2) is 5.69 Å². The van der Waals surface area contributed by atoms with Crippen LogP contribution in [-0.4, -0.2) is 45.9 Å². The molecule has 3 aliphatic rings. The van der Waals surface area contributed by atoms with Crippen LogP contribution in [0.3, 0.4) is 0 Å². The zero-order chi connectivity index (χ0) is 16.7. The highest BCUT2D eigenvalue weighted by Crippen LogP contribution is 2.40. The first-order valence-electron chi connectivity index (χ1n) is 9.25. The van der Waals surface area contributed by atoms with E-state index in [2.05, 4.69) is 26.7 Å². The van der Waals surface area contributed by atoms with E-state index in [1.165, 1.54) is 19.3 Å². The number of hydrogen-bond acceptors (Lipinski definition) is 4. The molecular weight excluding hydrogens is 324 g/mol. The van der Waals surface area contributed by atoms with Crippen molar-refractivity contribution in [2.24, 2.45) is 5.92 Å². The van der Waals surface area contributed by atoms with Crippen LogP contribution in [0.4, 0.5) is 5.95 Å². The van der Waals surface area contributed by atoms with Gasteiger partial charge in [-0.2, -0.15) is 0 Å². The van der Waals surface area contributed by atoms with Gasteiger partial charge in [-0.1, -0.05) is 24.4 Å². The van der Waals surface area contributed by atoms with Crippen LogP contribution in [0.1, 0.15) is 62.4 Å². The second-order valence-electron chi connectivity index (χ2n) is 7.47. The highest BCUT2D eigenvalue weighted by Gasteiger charge is 2.43. The van der Waals surface area contributed by atoms with Crippen LogP contribution in [0, 0.1) is 5.92 Å². The van der Waals surface area contributed by atoms with E-state index in [0.29, 0.717) is 28.6 Å². The smallest absolute Gasteiger partial charge is 0.274 e. The summed E-state index contributed by atoms with van der Waals surface area (Å²) in [4.78, 5) is 26.3. The molecule has 2 aliphatic heterocycles. The second kappa shape index (κ2) is 6.51. The van der Waals surface area contributed by atoms with E-state index in [9.17, 15) is 4.79 Å². The number of fused-ring (bicyclic) bond motifs is 1. The SMILES string of the molecule is C[C@@H]1C[C@@H]2CCCC[C@H]2N1C(=O)c1nc(N2CCCC2)ncc1Cl. The van der Waals surface area contributed by atoms with Crippen molar-refractivity contribution in [3.8, 4) is 0 Å². The summed E-state index contributed by atoms with van der Waals surface area (Å²) >= 11 is 6.31. The van der Waals surface area contributed by atoms with E-state index in [0.717, 1.165) is 38.8 Å². The van der Waals surface area contributed by atoms with Crippen molar-refractivity contribution in [1.29, 1.82) is 0 Å². The fraction of sp³-hybridized carbons (Fsp3) is 0.722. The zero-order valence-corrected chi connectivity index (χ0v) is 15.0. The monoisotopic (exact) mass is 348 g/mol. The van der Waals surface area contributed by atoms with Crippen molar-refractivity contribution in [3.63, 3.8) is 0 Å². The Morgan fingerprint density at radius 1 is 1.21 bits per heavy atom. The number of nitrogens with zero attached hydrogens (tertiary/aromatic N) is 4. The molecule has 1 saturated carbocycles. The first-order valence-corrected chi connectivity index (χ1v) is 9.63. The molecule has 0 unspecified atom stereocenters. The van der Waals surface area contributed by atoms with Crippen LogP contribution in [0.25, 0.3) is 0 Å². The van der Waals surface area contributed by atoms with E-state index in [1.807, 2.05) is 0 Å². The standard InChI is InChI=1S/C18H25ClN4O/c1-12-10-13-6-2-3-7-15(13)23(12)17(24)16-14(19)11-20-18(21-16)22-8-4-5-9-22/h11-13,15H,2-10H2,1H3/t12-,13+,15-/m1/s1. The minimum atomic E-state index is -0.00949. The van der Waals surface area contributed by atoms with Crippen molar-refractivity contribution in [1.82, 2.24) is 14.9 Å². The third kappa shape index (κ3) is 2.77. The number of carbonyl (C=O) groups excluding carboxylic acids is 1. The summed E-state index contributed by atoms with van der Waals surface area (Å²) in [5.74, 6) is 1.29. The van der Waals surface area contributed by atoms with Gasteiger partial charge in [-0.05, 0) is 44.9 Å². The number of rotatable bonds is 2. The third-order valence-corrected chi connectivity index (χ3v) is 6.18. The largest absolute Gasteiger partial charge is 0.341 e. The van der Waals surface area contributed by atoms with Crippen molar-refractivity contribution >= 4 is 23.5 Å². The molecule has 130 valence electrons. The van der Waals surface area contributed by atoms with E-state index in [4.69, 9.17) is 11.6 Å². The summed E-state index contributed by atoms with van der Waals surface area (Å²) in [5, 5.41) is 0.370. The average molecular weight is 349 g/mol. The molecule has 1 aliphatic carbocycles. The molecule has 2 saturated heterocycles. The van der Waals surface area contributed by atoms with Crippen LogP contribution in [0.2, 0.25) is 5.02 Å². The van der Waals surface area contributed by atoms with E-state index in [-0.39, 0.29) is 11.9 Å². The maximum atomic E-state index is 13.2. The number of halogens is 1. The van der Waals surface area contributed by atoms with Gasteiger partial charge in [0.2, 0.25) is 5.95 Å². The summed E-state index contributed by atoms with van der Waals surface area (Å²) < 4.78 is 0. The summed E-state index contributed by atoms with van der Waals surface area (Å²) in [7, 11) is 0. The van der Waals surface area contributed by atoms with Crippen LogP contribution in [-0.2, 0) is 0 Å². The third-order valence-electron chi connectivity index (χ3n) is 5.90. The van der Waals surface area contributed by atoms with Gasteiger partial charge >= 0.3 is 0 Å². The van der Waals surface area contributed by atoms with Crippen molar-refractivity contribution in [2.45, 2.75) is 64.0 Å². The zero-order valence-electron chi connectivity index (χ0n) is 14.2. The minimum absolute atomic E-state index is 0.00949. The van der Waals surface area contributed by atoms with Gasteiger partial charge in [-0.25, -0.2) is 9.97 Å². The number of hydrogen-bond donors (Lipinski definition) is 0. The molecule has 4 rings (SSSR count). The topological polar surface area (TPSA) is 49.3 Å². The summed E-state index contributed by atoms with van der Waals surface area (Å²) in [6.07, 6.45) is 9.88. The molecule has 3 heterocycles. The van der Waals surface area contributed by atoms with Gasteiger partial charge in [-0.15, -0.1) is 0 Å². The van der Waals surface area contributed by atoms with Gasteiger partial charge in [-0.3, -0.25) is 4.79 Å². The highest BCUT2D eigenvalue weighted by molar-refractivity contribution is 6.33. The second-order valence-corrected chi connectivity index (χ2v) is 7.88. The Morgan fingerprint density at radius 3 is 2.75 bits per heavy atom. The van der Waals surface area contributed by atoms with Crippen LogP contribution < -0.4 is 4.90 Å². The van der Waals surface area contributed by atoms with Crippen LogP contribution in [0.5, 0.6) is 0 Å². The number of carbonyl (C=O) groups is 1. The highest BCUT2D eigenvalue weighted by atomic mass is 35.5. The first kappa shape index (κ1) is 16.1. The molecule has 3 atom stereocenters. The molecule has 0 bridgehead atoms. The van der Waals surface area contributed by atoms with Crippen LogP contribution >= 0.6 is 11.6 Å². The summed E-state index contributed by atoms with van der Waals surface area (Å²) in [5.41, 5.74) is 0.381. The van der Waals surface area contributed by atoms with Crippen LogP contribution in [0.15, 0.2) is 6.20 Å². The van der Waals surface area contributed by atoms with Crippen molar-refractivity contribution in [3.05, 3.63) is 16.9 Å². The molecule has 0 radical (unpaired) electrons. The summed E-state index contributed by atoms with van der Waals surface area (Å²) in [6.45, 7) is 4.08. The number of aromatic nitrogens is 2. The van der Waals surface area contributed by atoms with Gasteiger partial charge in [0.1, 0.15) is 0 Å². The lowest BCUT2D eigenvalue weighted by Gasteiger charge is -2.33. The molecule has 0 aromatic carbocycles. The van der Waals surface area contributed by atoms with Gasteiger partial charge in [0, 0.05) is 25.2 Å². The molecule has 6 heteroatoms. The Kier molecular flexibility index (Phi) is 4.37. The Labute approximate surface area is 148 Å². The lowest BCUT2D eigenvalue weighted by molar-refractivity contribution is 0.0627. The van der Waals surface area contributed by atoms with Crippen molar-refractivity contribution in [2.75, 3.05) is 18.0 Å². The summed E-state index contributed by atoms with van der Waals surface area (Å²) in [6, 6.07) is 0.634. The fourth-order valence-electron chi connectivity index (χ4n) is 4.76. The molecule has 24 heavy (non-hydrogen) atoms. The lowest BCUT2D eigenvalue weighted by atomic mass is 9.85. The van der Waals surface area contributed by atoms with Gasteiger partial charge in [0.05, 0.1) is 11.2 Å². The maximum Gasteiger partial charge on any atom is 0.274 e. The van der Waals surface area contributed by atoms with E-state index < -0.39 is 0 Å². The molecular formula is C18H25ClN4O. The predicted octanol–water partition coefficient (Wildman–Crippen LogP) is 3.52. The maximum absolute atomic E-state index is 13.2. The number of amides is 1. The predicted molar refractivity (Wildman–Crippen MR) is 94.5 cm³/mol. The molecule has 5 nitrogen and oxygen atoms in total. The Bertz CT molecular complexity index is 631. The molecule has 1 aromatic rings. The Balaban J connectivity index is 1.62. The molecule has 1 aromatic heterocycles. The normalized spacial score (nSPS) is 29.8. The first-order chi connectivity index (χ1) is 11.6. The quantitative estimate of drug-likeness (QED) is 0.820. The van der Waals surface area contributed by atoms with Gasteiger partial charge in [0.25, 0.3) is 5.91 Å². The Morgan fingerprint density at radius 2 is 1.96 bits per heavy atom. The lowest BCUT2D eigenvalue weighted by Crippen LogP contribution is -2.43. The van der Waals surface area contributed by atoms with Crippen molar-refractivity contribution < 1.29 is 4.79 Å². The van der Waals surface area contributed by atoms with E-state index in [1.54, 1.807) is 6.20 Å². The number of anilines is 1. The fourth-order valence-corrected chi connectivity index (χ4v) is 4.93.